The fourth-order valence-electron chi connectivity index (χ4n) is 21.6. The van der Waals surface area contributed by atoms with E-state index in [0.29, 0.717) is 85.5 Å². The second-order valence-electron chi connectivity index (χ2n) is 40.8. The van der Waals surface area contributed by atoms with Gasteiger partial charge in [0.25, 0.3) is 0 Å². The van der Waals surface area contributed by atoms with Crippen molar-refractivity contribution in [1.29, 1.82) is 0 Å². The summed E-state index contributed by atoms with van der Waals surface area (Å²) in [4.78, 5) is 245. The molecule has 39 heteroatoms. The zero-order valence-corrected chi connectivity index (χ0v) is 82.6. The number of rotatable bonds is 30. The molecule has 37 nitrogen and oxygen atoms in total. The zero-order chi connectivity index (χ0) is 100. The fourth-order valence-corrected chi connectivity index (χ4v) is 23.9. The van der Waals surface area contributed by atoms with Gasteiger partial charge in [0.1, 0.15) is 72.5 Å². The highest BCUT2D eigenvalue weighted by Gasteiger charge is 2.61. The summed E-state index contributed by atoms with van der Waals surface area (Å²) in [5.41, 5.74) is 8.63. The Hall–Kier alpha value is -11.1. The van der Waals surface area contributed by atoms with Crippen LogP contribution in [0.5, 0.6) is 0 Å². The Labute approximate surface area is 808 Å². The maximum atomic E-state index is 15.4. The second kappa shape index (κ2) is 49.5. The van der Waals surface area contributed by atoms with Crippen molar-refractivity contribution in [2.45, 2.75) is 303 Å². The first kappa shape index (κ1) is 108. The first-order chi connectivity index (χ1) is 64.9. The van der Waals surface area contributed by atoms with Gasteiger partial charge in [-0.1, -0.05) is 153 Å². The second-order valence-corrected chi connectivity index (χ2v) is 43.3. The molecular weight excluding hydrogens is 1800 g/mol. The summed E-state index contributed by atoms with van der Waals surface area (Å²) < 4.78 is 0. The number of carboxylic acid groups (broad SMARTS) is 2. The molecule has 10 rings (SSSR count). The molecule has 4 heterocycles. The topological polar surface area (TPSA) is 579 Å². The average molecular weight is 1940 g/mol. The molecule has 1 saturated heterocycles. The molecule has 4 aliphatic carbocycles. The summed E-state index contributed by atoms with van der Waals surface area (Å²) in [6, 6.07) is -5.63. The number of carboxylic acids is 2. The van der Waals surface area contributed by atoms with Crippen LogP contribution in [0.3, 0.4) is 0 Å². The van der Waals surface area contributed by atoms with E-state index in [4.69, 9.17) is 5.73 Å². The molecule has 22 atom stereocenters. The minimum absolute atomic E-state index is 0.0352. The molecule has 5 fully saturated rings. The lowest BCUT2D eigenvalue weighted by Gasteiger charge is -2.61. The Bertz CT molecular complexity index is 5080. The lowest BCUT2D eigenvalue weighted by Crippen LogP contribution is -2.61. The molecule has 4 saturated carbocycles. The molecule has 5 aliphatic rings. The number of hydrogen-bond donors (Lipinski definition) is 19. The van der Waals surface area contributed by atoms with Gasteiger partial charge >= 0.3 is 5.97 Å². The number of nitrogens with one attached hydrogen (secondary N) is 16. The van der Waals surface area contributed by atoms with Crippen LogP contribution < -0.4 is 80.0 Å². The van der Waals surface area contributed by atoms with Crippen molar-refractivity contribution >= 4 is 138 Å². The van der Waals surface area contributed by atoms with Crippen LogP contribution in [0, 0.1) is 75.9 Å². The van der Waals surface area contributed by atoms with E-state index in [0.717, 1.165) is 53.7 Å². The third-order valence-electron chi connectivity index (χ3n) is 28.9. The van der Waals surface area contributed by atoms with Gasteiger partial charge in [0.2, 0.25) is 82.7 Å². The third-order valence-corrected chi connectivity index (χ3v) is 31.3. The smallest absolute Gasteiger partial charge is 0.303 e. The first-order valence-electron chi connectivity index (χ1n) is 48.5. The van der Waals surface area contributed by atoms with Crippen molar-refractivity contribution < 1.29 is 92.0 Å². The summed E-state index contributed by atoms with van der Waals surface area (Å²) in [5.74, 6) is -15.4. The molecule has 3 aromatic heterocycles. The Morgan fingerprint density at radius 2 is 1.15 bits per heavy atom. The number of primary amides is 1. The fraction of sp³-hybridized carbons (Fsp3) is 0.643. The maximum absolute atomic E-state index is 15.4. The molecule has 0 bridgehead atoms. The highest BCUT2D eigenvalue weighted by Crippen LogP contribution is 2.69. The van der Waals surface area contributed by atoms with Crippen LogP contribution in [-0.4, -0.2) is 221 Å². The van der Waals surface area contributed by atoms with Gasteiger partial charge in [0.05, 0.1) is 19.0 Å². The number of carbonyl (C=O) groups is 16. The van der Waals surface area contributed by atoms with Gasteiger partial charge in [-0.15, -0.1) is 0 Å². The number of carbonyl (C=O) groups excluding carboxylic acids is 15. The van der Waals surface area contributed by atoms with E-state index in [1.54, 1.807) is 102 Å². The number of aromatic amines is 3. The van der Waals surface area contributed by atoms with Crippen LogP contribution in [0.1, 0.15) is 222 Å². The highest BCUT2D eigenvalue weighted by molar-refractivity contribution is 8.76. The number of aromatic nitrogens is 4. The minimum atomic E-state index is -1.85. The zero-order valence-electron chi connectivity index (χ0n) is 80.9. The van der Waals surface area contributed by atoms with Crippen LogP contribution in [0.2, 0.25) is 0 Å². The van der Waals surface area contributed by atoms with Crippen LogP contribution in [0.15, 0.2) is 73.4 Å². The largest absolute Gasteiger partial charge is 0.550 e. The van der Waals surface area contributed by atoms with Crippen molar-refractivity contribution in [3.63, 3.8) is 0 Å². The van der Waals surface area contributed by atoms with E-state index in [9.17, 15) is 63.3 Å². The normalized spacial score (nSPS) is 28.5. The van der Waals surface area contributed by atoms with E-state index in [1.165, 1.54) is 71.3 Å². The van der Waals surface area contributed by atoms with E-state index in [1.807, 2.05) is 0 Å². The van der Waals surface area contributed by atoms with Crippen molar-refractivity contribution in [2.24, 2.45) is 81.7 Å². The average Bonchev–Trinajstić information content (AvgIpc) is 1.66. The Morgan fingerprint density at radius 1 is 0.584 bits per heavy atom. The van der Waals surface area contributed by atoms with Crippen molar-refractivity contribution in [3.8, 4) is 0 Å². The summed E-state index contributed by atoms with van der Waals surface area (Å²) in [6.45, 7) is 23.8. The van der Waals surface area contributed by atoms with E-state index >= 15 is 28.8 Å². The number of imidazole rings is 1. The molecule has 5 aromatic rings. The predicted octanol–water partition coefficient (Wildman–Crippen LogP) is 4.50. The van der Waals surface area contributed by atoms with E-state index in [-0.39, 0.29) is 61.7 Å². The summed E-state index contributed by atoms with van der Waals surface area (Å²) in [6.07, 6.45) is 14.2. The summed E-state index contributed by atoms with van der Waals surface area (Å²) in [7, 11) is 1.61. The lowest BCUT2D eigenvalue weighted by molar-refractivity contribution is -0.306. The first-order valence-corrected chi connectivity index (χ1v) is 51.0. The van der Waals surface area contributed by atoms with Gasteiger partial charge in [0.15, 0.2) is 0 Å². The van der Waals surface area contributed by atoms with Crippen LogP contribution in [-0.2, 0) is 96.0 Å². The number of benzene rings is 2. The number of aliphatic carboxylic acids is 2. The summed E-state index contributed by atoms with van der Waals surface area (Å²) in [5, 5.41) is 68.8. The molecule has 137 heavy (non-hydrogen) atoms. The van der Waals surface area contributed by atoms with Gasteiger partial charge < -0.3 is 110 Å². The van der Waals surface area contributed by atoms with Gasteiger partial charge in [-0.05, 0) is 190 Å². The van der Waals surface area contributed by atoms with Crippen molar-refractivity contribution in [2.75, 3.05) is 18.1 Å². The Kier molecular flexibility index (Phi) is 39.0. The standard InChI is InChI=1S/C98H144N18O19S2/c1-50(2)19-18-20-54(9)65-27-28-66-64-26-25-60-37-57(31-33-97(60,12)67(64)32-34-98(65,66)13)38-79(118)107-76(42-82(122)123)92(131)113-77-47-136-137-48-78(95(134)116-84(56(11)117)85(99)124)114-90(129)74(40-59-44-102-69-24-17-15-22-63(59)69)112-96(135)83(53(7)8)115-93(132)72(36-52(5)6)110-88(127)70(29-30-81(120)121)106-80(119)46-103-87(126)71(35-51(3)4)109-91(130)75(41-61-45-100-49-104-61)111-89(128)73(108-86(125)55(10)105-94(77)133)39-58-43-101-68-23-16-14-21-62(58)68/h14-17,21-24,43-45,49-57,60,64-67,70-78,83-84,101-102,117H,18-20,25-42,46-48H2,1-13H3,(H2,99,124)(H,100,104)(H,103,126)(H,105,133)(H,106,119)(H,107,118)(H,108,125)(H,109,130)(H,110,127)(H,111,128)(H,112,135)(H,113,131)(H,114,129)(H,115,132)(H,116,134)(H,120,121)(H,122,123)/p-1/t54-,55+,56?,57+,60+,64-,65?,66?,67?,70+,71+,72+,73+,74+,75+,76+,77+,78+,83+,84+,97?,98?/m1/s1. The molecule has 0 radical (unpaired) electrons. The third kappa shape index (κ3) is 29.5. The Morgan fingerprint density at radius 3 is 1.73 bits per heavy atom. The molecule has 752 valence electrons. The van der Waals surface area contributed by atoms with Gasteiger partial charge in [-0.3, -0.25) is 71.9 Å². The molecule has 14 amide bonds. The lowest BCUT2D eigenvalue weighted by atomic mass is 9.44. The quantitative estimate of drug-likeness (QED) is 0.0281. The molecule has 1 aliphatic heterocycles. The van der Waals surface area contributed by atoms with Crippen molar-refractivity contribution in [3.05, 3.63) is 90.3 Å². The number of para-hydroxylation sites is 2. The van der Waals surface area contributed by atoms with E-state index < -0.39 is 216 Å². The number of nitrogens with zero attached hydrogens (tertiary/aromatic N) is 1. The number of hydrogen-bond acceptors (Lipinski definition) is 21. The van der Waals surface area contributed by atoms with Gasteiger partial charge in [-0.2, -0.15) is 0 Å². The highest BCUT2D eigenvalue weighted by atomic mass is 33.1. The van der Waals surface area contributed by atoms with Crippen LogP contribution >= 0.6 is 21.6 Å². The summed E-state index contributed by atoms with van der Waals surface area (Å²) >= 11 is 0. The number of fused-ring (bicyclic) bond motifs is 7. The van der Waals surface area contributed by atoms with Gasteiger partial charge in [0, 0.05) is 102 Å². The number of aliphatic hydroxyl groups excluding tert-OH is 1. The number of nitrogens with two attached hydrogens (primary N) is 1. The SMILES string of the molecule is CC(C)CCC[C@@H](C)C1CCC2[C@H]3CC[C@H]4C[C@@H](CC(=O)N[C@@H](CC(=O)[O-])C(=O)N[C@H]5CSSC[C@@H](C(=O)N[C@H](C(N)=O)C(C)O)NC(=O)[C@H](Cc6c[nH]c7ccccc67)NC(=O)[C@H](C(C)C)NC(=O)[C@H](CC(C)C)NC(=O)[C@H](CCC(=O)O)NC(=O)CNC(=O)[C@H](CC(C)C)NC(=O)[C@H](Cc6cnc[nH]6)NC(=O)[C@H](Cc6c[nH]c7ccccc67)NC(=O)[C@H](C)NC5=O)CCC4(C)C3CCC21C. The monoisotopic (exact) mass is 1940 g/mol. The van der Waals surface area contributed by atoms with Gasteiger partial charge in [-0.25, -0.2) is 4.98 Å². The van der Waals surface area contributed by atoms with Crippen molar-refractivity contribution in [1.82, 2.24) is 89.1 Å². The molecular formula is C98H143N18O19S2-. The molecule has 2 aromatic carbocycles. The minimum Gasteiger partial charge on any atom is -0.550 e. The number of H-pyrrole nitrogens is 3. The Balaban J connectivity index is 0.973. The van der Waals surface area contributed by atoms with E-state index in [2.05, 4.69) is 124 Å². The molecule has 20 N–H and O–H groups in total. The predicted molar refractivity (Wildman–Crippen MR) is 515 cm³/mol. The maximum Gasteiger partial charge on any atom is 0.303 e. The van der Waals surface area contributed by atoms with Crippen LogP contribution in [0.4, 0.5) is 0 Å². The molecule has 0 spiro atoms. The number of amides is 14. The van der Waals surface area contributed by atoms with Crippen LogP contribution in [0.25, 0.3) is 21.8 Å². The molecule has 6 unspecified atom stereocenters. The number of aliphatic hydroxyl groups is 1.